The largest absolute Gasteiger partial charge is 0.496 e. The van der Waals surface area contributed by atoms with E-state index in [0.717, 1.165) is 68.5 Å². The molecule has 5 fully saturated rings. The van der Waals surface area contributed by atoms with Gasteiger partial charge in [0, 0.05) is 24.1 Å². The normalized spacial score (nSPS) is 28.9. The van der Waals surface area contributed by atoms with Crippen molar-refractivity contribution in [1.82, 2.24) is 4.37 Å². The molecule has 8 rings (SSSR count). The van der Waals surface area contributed by atoms with E-state index < -0.39 is 0 Å². The number of rotatable bonds is 8. The van der Waals surface area contributed by atoms with E-state index in [1.54, 1.807) is 18.6 Å². The molecule has 0 unspecified atom stereocenters. The van der Waals surface area contributed by atoms with Gasteiger partial charge in [0.2, 0.25) is 5.91 Å². The Balaban J connectivity index is 1.15. The van der Waals surface area contributed by atoms with Gasteiger partial charge < -0.3 is 14.7 Å². The van der Waals surface area contributed by atoms with Gasteiger partial charge in [-0.3, -0.25) is 4.79 Å². The van der Waals surface area contributed by atoms with Gasteiger partial charge in [0.25, 0.3) is 0 Å². The van der Waals surface area contributed by atoms with E-state index in [1.165, 1.54) is 53.8 Å². The van der Waals surface area contributed by atoms with Crippen LogP contribution < -0.4 is 9.64 Å². The second-order valence-corrected chi connectivity index (χ2v) is 14.6. The minimum Gasteiger partial charge on any atom is -0.496 e. The van der Waals surface area contributed by atoms with Crippen LogP contribution in [-0.2, 0) is 10.2 Å². The van der Waals surface area contributed by atoms with Crippen molar-refractivity contribution in [1.29, 1.82) is 0 Å². The zero-order valence-corrected chi connectivity index (χ0v) is 25.9. The first-order valence-electron chi connectivity index (χ1n) is 16.1. The summed E-state index contributed by atoms with van der Waals surface area (Å²) >= 11 is 1.59. The fraction of sp³-hybridized carbons (Fsp3) is 0.556. The summed E-state index contributed by atoms with van der Waals surface area (Å²) in [6.07, 6.45) is 12.3. The number of methoxy groups -OCH3 is 1. The number of ether oxygens (including phenoxy) is 1. The highest BCUT2D eigenvalue weighted by atomic mass is 32.1. The molecule has 5 aliphatic carbocycles. The number of carbonyl (C=O) groups is 1. The second-order valence-electron chi connectivity index (χ2n) is 13.8. The fourth-order valence-corrected chi connectivity index (χ4v) is 8.95. The van der Waals surface area contributed by atoms with Crippen LogP contribution in [0.2, 0.25) is 0 Å². The molecule has 2 bridgehead atoms. The van der Waals surface area contributed by atoms with Crippen molar-refractivity contribution in [3.8, 4) is 16.2 Å². The Labute approximate surface area is 254 Å². The van der Waals surface area contributed by atoms with Crippen molar-refractivity contribution in [2.24, 2.45) is 11.3 Å². The van der Waals surface area contributed by atoms with Crippen LogP contribution in [0.5, 0.6) is 5.75 Å². The van der Waals surface area contributed by atoms with Crippen LogP contribution in [0.1, 0.15) is 99.8 Å². The Kier molecular flexibility index (Phi) is 7.42. The number of aryl methyl sites for hydroxylation is 1. The molecular formula is C36H44N2O3S. The van der Waals surface area contributed by atoms with E-state index in [1.807, 2.05) is 0 Å². The number of fused-ring (bicyclic) bond motifs is 3. The quantitative estimate of drug-likeness (QED) is 0.290. The third-order valence-corrected chi connectivity index (χ3v) is 12.0. The number of amides is 1. The monoisotopic (exact) mass is 584 g/mol. The SMILES string of the molecule is COc1ccc(C23CCC(CN(c4cccc(-c5cc(C6CC6)ns5)c4)C(=O)[C@H]4CC[C@H](O)CC4)(CC2)CC3)cc1C. The van der Waals surface area contributed by atoms with E-state index in [9.17, 15) is 9.90 Å². The second kappa shape index (κ2) is 11.1. The smallest absolute Gasteiger partial charge is 0.230 e. The molecule has 1 N–H and O–H groups in total. The van der Waals surface area contributed by atoms with Crippen LogP contribution in [0.4, 0.5) is 5.69 Å². The number of anilines is 1. The molecule has 5 nitrogen and oxygen atoms in total. The molecule has 0 aliphatic heterocycles. The summed E-state index contributed by atoms with van der Waals surface area (Å²) in [4.78, 5) is 17.7. The number of aromatic nitrogens is 1. The van der Waals surface area contributed by atoms with Gasteiger partial charge in [-0.25, -0.2) is 0 Å². The first-order chi connectivity index (χ1) is 20.4. The zero-order valence-electron chi connectivity index (χ0n) is 25.1. The lowest BCUT2D eigenvalue weighted by molar-refractivity contribution is -0.124. The molecule has 222 valence electrons. The van der Waals surface area contributed by atoms with Gasteiger partial charge in [-0.1, -0.05) is 24.3 Å². The highest BCUT2D eigenvalue weighted by molar-refractivity contribution is 7.09. The Morgan fingerprint density at radius 2 is 1.71 bits per heavy atom. The van der Waals surface area contributed by atoms with E-state index in [-0.39, 0.29) is 28.8 Å². The van der Waals surface area contributed by atoms with Gasteiger partial charge >= 0.3 is 0 Å². The predicted octanol–water partition coefficient (Wildman–Crippen LogP) is 8.18. The van der Waals surface area contributed by atoms with Crippen LogP contribution >= 0.6 is 11.5 Å². The molecular weight excluding hydrogens is 540 g/mol. The van der Waals surface area contributed by atoms with Crippen LogP contribution in [0.15, 0.2) is 48.5 Å². The topological polar surface area (TPSA) is 62.7 Å². The molecule has 2 aromatic carbocycles. The molecule has 1 heterocycles. The van der Waals surface area contributed by atoms with Crippen LogP contribution in [0.25, 0.3) is 10.4 Å². The summed E-state index contributed by atoms with van der Waals surface area (Å²) in [5, 5.41) is 10.1. The fourth-order valence-electron chi connectivity index (χ4n) is 8.14. The molecule has 1 aromatic heterocycles. The molecule has 0 spiro atoms. The standard InChI is InChI=1S/C36H44N2O3S/c1-24-20-28(10-13-32(24)41-2)36-17-14-35(15-18-36,16-19-36)23-38(34(40)26-8-11-30(39)12-9-26)29-5-3-4-27(21-29)33-22-31(37-42-33)25-6-7-25/h3-5,10,13,20-22,25-26,30,39H,6-9,11-12,14-19,23H2,1-2H3/t26-,30-,35?,36?. The van der Waals surface area contributed by atoms with Crippen molar-refractivity contribution in [3.05, 3.63) is 65.4 Å². The van der Waals surface area contributed by atoms with Gasteiger partial charge in [-0.15, -0.1) is 0 Å². The van der Waals surface area contributed by atoms with E-state index >= 15 is 0 Å². The average Bonchev–Trinajstić information content (AvgIpc) is 3.76. The Morgan fingerprint density at radius 1 is 0.976 bits per heavy atom. The third-order valence-electron chi connectivity index (χ3n) is 11.2. The minimum atomic E-state index is -0.261. The van der Waals surface area contributed by atoms with Gasteiger partial charge in [0.1, 0.15) is 5.75 Å². The summed E-state index contributed by atoms with van der Waals surface area (Å²) in [7, 11) is 1.75. The third kappa shape index (κ3) is 5.30. The number of hydrogen-bond acceptors (Lipinski definition) is 5. The maximum Gasteiger partial charge on any atom is 0.230 e. The highest BCUT2D eigenvalue weighted by Crippen LogP contribution is 2.58. The Morgan fingerprint density at radius 3 is 2.38 bits per heavy atom. The number of aliphatic hydroxyl groups is 1. The number of nitrogens with zero attached hydrogens (tertiary/aromatic N) is 2. The van der Waals surface area contributed by atoms with Gasteiger partial charge in [0.15, 0.2) is 0 Å². The Bertz CT molecular complexity index is 1430. The van der Waals surface area contributed by atoms with Gasteiger partial charge in [0.05, 0.1) is 23.8 Å². The van der Waals surface area contributed by atoms with Crippen LogP contribution in [-0.4, -0.2) is 35.1 Å². The van der Waals surface area contributed by atoms with Crippen molar-refractivity contribution >= 4 is 23.1 Å². The number of carbonyl (C=O) groups excluding carboxylic acids is 1. The Hall–Kier alpha value is -2.70. The lowest BCUT2D eigenvalue weighted by Crippen LogP contribution is -2.51. The first-order valence-corrected chi connectivity index (χ1v) is 16.9. The van der Waals surface area contributed by atoms with Crippen LogP contribution in [0.3, 0.4) is 0 Å². The molecule has 0 radical (unpaired) electrons. The zero-order chi connectivity index (χ0) is 28.9. The summed E-state index contributed by atoms with van der Waals surface area (Å²) in [5.74, 6) is 1.85. The molecule has 6 heteroatoms. The van der Waals surface area contributed by atoms with Gasteiger partial charge in [-0.05, 0) is 147 Å². The van der Waals surface area contributed by atoms with Crippen molar-refractivity contribution in [3.63, 3.8) is 0 Å². The number of aliphatic hydroxyl groups excluding tert-OH is 1. The molecule has 0 saturated heterocycles. The summed E-state index contributed by atoms with van der Waals surface area (Å²) < 4.78 is 10.3. The van der Waals surface area contributed by atoms with Gasteiger partial charge in [-0.2, -0.15) is 4.37 Å². The maximum absolute atomic E-state index is 14.3. The molecule has 5 aliphatic rings. The number of benzene rings is 2. The van der Waals surface area contributed by atoms with Crippen molar-refractivity contribution in [2.45, 2.75) is 101 Å². The van der Waals surface area contributed by atoms with Crippen molar-refractivity contribution < 1.29 is 14.6 Å². The number of hydrogen-bond donors (Lipinski definition) is 1. The molecule has 0 atom stereocenters. The highest BCUT2D eigenvalue weighted by Gasteiger charge is 2.50. The van der Waals surface area contributed by atoms with Crippen molar-refractivity contribution in [2.75, 3.05) is 18.6 Å². The lowest BCUT2D eigenvalue weighted by atomic mass is 9.51. The van der Waals surface area contributed by atoms with E-state index in [0.29, 0.717) is 5.92 Å². The lowest BCUT2D eigenvalue weighted by Gasteiger charge is -2.55. The van der Waals surface area contributed by atoms with E-state index in [2.05, 4.69) is 60.4 Å². The summed E-state index contributed by atoms with van der Waals surface area (Å²) in [6.45, 7) is 2.94. The average molecular weight is 585 g/mol. The maximum atomic E-state index is 14.3. The molecule has 3 aromatic rings. The molecule has 42 heavy (non-hydrogen) atoms. The van der Waals surface area contributed by atoms with E-state index in [4.69, 9.17) is 9.11 Å². The first kappa shape index (κ1) is 28.1. The summed E-state index contributed by atoms with van der Waals surface area (Å²) in [6, 6.07) is 17.7. The predicted molar refractivity (Wildman–Crippen MR) is 169 cm³/mol. The van der Waals surface area contributed by atoms with Crippen LogP contribution in [0, 0.1) is 18.3 Å². The molecule has 1 amide bonds. The molecule has 5 saturated carbocycles. The summed E-state index contributed by atoms with van der Waals surface area (Å²) in [5.41, 5.74) is 6.50. The minimum absolute atomic E-state index is 0.00752.